The lowest BCUT2D eigenvalue weighted by atomic mass is 10.1. The topological polar surface area (TPSA) is 113 Å². The van der Waals surface area contributed by atoms with Crippen molar-refractivity contribution in [2.45, 2.75) is 36.1 Å². The maximum atomic E-state index is 11.4. The second kappa shape index (κ2) is 9.55. The Balaban J connectivity index is 1.57. The van der Waals surface area contributed by atoms with E-state index in [1.54, 1.807) is 19.4 Å². The number of hydrogen-bond acceptors (Lipinski definition) is 6. The van der Waals surface area contributed by atoms with Gasteiger partial charge in [-0.05, 0) is 50.2 Å². The minimum Gasteiger partial charge on any atom is -0.468 e. The lowest BCUT2D eigenvalue weighted by molar-refractivity contribution is 0.146. The van der Waals surface area contributed by atoms with Crippen LogP contribution in [0.25, 0.3) is 0 Å². The van der Waals surface area contributed by atoms with Gasteiger partial charge in [-0.15, -0.1) is 11.3 Å². The van der Waals surface area contributed by atoms with Gasteiger partial charge in [-0.2, -0.15) is 0 Å². The number of primary sulfonamides is 1. The van der Waals surface area contributed by atoms with Gasteiger partial charge in [0.1, 0.15) is 9.97 Å². The highest BCUT2D eigenvalue weighted by molar-refractivity contribution is 7.91. The summed E-state index contributed by atoms with van der Waals surface area (Å²) in [4.78, 5) is 7.58. The van der Waals surface area contributed by atoms with Crippen molar-refractivity contribution in [1.29, 1.82) is 0 Å². The highest BCUT2D eigenvalue weighted by Crippen LogP contribution is 2.24. The van der Waals surface area contributed by atoms with Gasteiger partial charge in [0.2, 0.25) is 10.0 Å². The predicted molar refractivity (Wildman–Crippen MR) is 111 cm³/mol. The van der Waals surface area contributed by atoms with Crippen LogP contribution in [0.1, 0.15) is 35.9 Å². The van der Waals surface area contributed by atoms with Crippen molar-refractivity contribution in [2.75, 3.05) is 26.7 Å². The number of nitrogens with two attached hydrogens (primary N) is 1. The molecule has 2 aromatic heterocycles. The fourth-order valence-corrected chi connectivity index (χ4v) is 5.03. The molecule has 0 saturated carbocycles. The van der Waals surface area contributed by atoms with Gasteiger partial charge in [0.25, 0.3) is 0 Å². The molecule has 1 atom stereocenters. The van der Waals surface area contributed by atoms with Crippen molar-refractivity contribution in [3.8, 4) is 0 Å². The molecule has 1 fully saturated rings. The Kier molecular flexibility index (Phi) is 7.11. The summed E-state index contributed by atoms with van der Waals surface area (Å²) in [6.07, 6.45) is 5.39. The van der Waals surface area contributed by atoms with Gasteiger partial charge in [-0.3, -0.25) is 9.89 Å². The molecule has 0 aromatic carbocycles. The molecule has 154 valence electrons. The third-order valence-electron chi connectivity index (χ3n) is 4.74. The first-order chi connectivity index (χ1) is 13.5. The molecule has 0 amide bonds. The molecule has 1 unspecified atom stereocenters. The van der Waals surface area contributed by atoms with Crippen molar-refractivity contribution in [3.63, 3.8) is 0 Å². The molecule has 3 heterocycles. The van der Waals surface area contributed by atoms with E-state index in [4.69, 9.17) is 9.56 Å². The van der Waals surface area contributed by atoms with Crippen molar-refractivity contribution in [3.05, 3.63) is 41.2 Å². The fraction of sp³-hybridized carbons (Fsp3) is 0.500. The summed E-state index contributed by atoms with van der Waals surface area (Å²) in [5.41, 5.74) is 0. The predicted octanol–water partition coefficient (Wildman–Crippen LogP) is 1.88. The van der Waals surface area contributed by atoms with Crippen LogP contribution in [0.4, 0.5) is 0 Å². The normalized spacial score (nSPS) is 17.4. The molecule has 4 N–H and O–H groups in total. The average molecular weight is 426 g/mol. The standard InChI is InChI=1S/C18H27N5O3S2/c1-20-18(21-12-14-7-8-17(27-14)28(19,24)25)22-13-15(16-6-5-11-26-16)23-9-3-2-4-10-23/h5-8,11,15H,2-4,9-10,12-13H2,1H3,(H2,19,24,25)(H2,20,21,22). The van der Waals surface area contributed by atoms with E-state index < -0.39 is 10.0 Å². The van der Waals surface area contributed by atoms with Crippen LogP contribution in [0.5, 0.6) is 0 Å². The molecule has 0 spiro atoms. The summed E-state index contributed by atoms with van der Waals surface area (Å²) >= 11 is 1.16. The van der Waals surface area contributed by atoms with Crippen molar-refractivity contribution in [2.24, 2.45) is 10.1 Å². The Labute approximate surface area is 169 Å². The average Bonchev–Trinajstić information content (AvgIpc) is 3.37. The summed E-state index contributed by atoms with van der Waals surface area (Å²) in [5, 5.41) is 11.7. The smallest absolute Gasteiger partial charge is 0.247 e. The van der Waals surface area contributed by atoms with Gasteiger partial charge < -0.3 is 15.1 Å². The number of nitrogens with zero attached hydrogens (tertiary/aromatic N) is 2. The van der Waals surface area contributed by atoms with Gasteiger partial charge in [-0.25, -0.2) is 13.6 Å². The molecule has 1 aliphatic heterocycles. The number of sulfonamides is 1. The summed E-state index contributed by atoms with van der Waals surface area (Å²) in [6.45, 7) is 3.25. The van der Waals surface area contributed by atoms with E-state index >= 15 is 0 Å². The lowest BCUT2D eigenvalue weighted by Gasteiger charge is -2.33. The molecule has 0 radical (unpaired) electrons. The zero-order chi connectivity index (χ0) is 20.0. The van der Waals surface area contributed by atoms with Crippen LogP contribution in [-0.4, -0.2) is 46.0 Å². The second-order valence-corrected chi connectivity index (χ2v) is 9.66. The summed E-state index contributed by atoms with van der Waals surface area (Å²) in [6, 6.07) is 7.35. The van der Waals surface area contributed by atoms with Crippen LogP contribution < -0.4 is 15.8 Å². The Bertz CT molecular complexity index is 871. The third-order valence-corrected chi connectivity index (χ3v) is 7.26. The van der Waals surface area contributed by atoms with Gasteiger partial charge in [-0.1, -0.05) is 6.42 Å². The fourth-order valence-electron chi connectivity index (χ4n) is 3.31. The molecular formula is C18H27N5O3S2. The van der Waals surface area contributed by atoms with Crippen LogP contribution in [0.2, 0.25) is 0 Å². The van der Waals surface area contributed by atoms with Crippen LogP contribution >= 0.6 is 11.3 Å². The quantitative estimate of drug-likeness (QED) is 0.461. The van der Waals surface area contributed by atoms with E-state index in [2.05, 4.69) is 20.5 Å². The number of furan rings is 1. The number of piperidine rings is 1. The van der Waals surface area contributed by atoms with Crippen molar-refractivity contribution < 1.29 is 12.8 Å². The maximum absolute atomic E-state index is 11.4. The molecule has 3 rings (SSSR count). The van der Waals surface area contributed by atoms with Crippen LogP contribution in [0.3, 0.4) is 0 Å². The highest BCUT2D eigenvalue weighted by Gasteiger charge is 2.24. The molecular weight excluding hydrogens is 398 g/mol. The molecule has 8 nitrogen and oxygen atoms in total. The first kappa shape index (κ1) is 20.8. The Morgan fingerprint density at radius 1 is 1.29 bits per heavy atom. The van der Waals surface area contributed by atoms with Gasteiger partial charge in [0, 0.05) is 18.5 Å². The number of guanidine groups is 1. The zero-order valence-corrected chi connectivity index (χ0v) is 17.6. The lowest BCUT2D eigenvalue weighted by Crippen LogP contribution is -2.44. The van der Waals surface area contributed by atoms with Crippen LogP contribution in [0.15, 0.2) is 44.1 Å². The van der Waals surface area contributed by atoms with Crippen molar-refractivity contribution >= 4 is 27.3 Å². The minimum atomic E-state index is -3.66. The minimum absolute atomic E-state index is 0.143. The highest BCUT2D eigenvalue weighted by atomic mass is 32.2. The SMILES string of the molecule is CN=C(NCc1ccc(S(N)(=O)=O)s1)NCC(c1ccco1)N1CCCCC1. The monoisotopic (exact) mass is 425 g/mol. The Hall–Kier alpha value is -1.88. The van der Waals surface area contributed by atoms with Gasteiger partial charge >= 0.3 is 0 Å². The van der Waals surface area contributed by atoms with Crippen LogP contribution in [0, 0.1) is 0 Å². The van der Waals surface area contributed by atoms with Crippen molar-refractivity contribution in [1.82, 2.24) is 15.5 Å². The summed E-state index contributed by atoms with van der Waals surface area (Å²) < 4.78 is 28.6. The number of rotatable bonds is 7. The molecule has 10 heteroatoms. The Morgan fingerprint density at radius 3 is 2.68 bits per heavy atom. The molecule has 1 saturated heterocycles. The summed E-state index contributed by atoms with van der Waals surface area (Å²) in [7, 11) is -1.95. The van der Waals surface area contributed by atoms with Gasteiger partial charge in [0.15, 0.2) is 5.96 Å². The van der Waals surface area contributed by atoms with Crippen LogP contribution in [-0.2, 0) is 16.6 Å². The molecule has 1 aliphatic rings. The van der Waals surface area contributed by atoms with E-state index in [9.17, 15) is 8.42 Å². The number of likely N-dealkylation sites (tertiary alicyclic amines) is 1. The molecule has 2 aromatic rings. The number of hydrogen-bond donors (Lipinski definition) is 3. The number of nitrogens with one attached hydrogen (secondary N) is 2. The zero-order valence-electron chi connectivity index (χ0n) is 15.9. The molecule has 0 aliphatic carbocycles. The number of aliphatic imine (C=N–C) groups is 1. The van der Waals surface area contributed by atoms with Gasteiger partial charge in [0.05, 0.1) is 18.8 Å². The maximum Gasteiger partial charge on any atom is 0.247 e. The van der Waals surface area contributed by atoms with E-state index in [-0.39, 0.29) is 10.3 Å². The van der Waals surface area contributed by atoms with E-state index in [0.717, 1.165) is 35.1 Å². The molecule has 0 bridgehead atoms. The first-order valence-corrected chi connectivity index (χ1v) is 11.7. The Morgan fingerprint density at radius 2 is 2.07 bits per heavy atom. The number of thiophene rings is 1. The van der Waals surface area contributed by atoms with E-state index in [1.807, 2.05) is 12.1 Å². The third kappa shape index (κ3) is 5.57. The van der Waals surface area contributed by atoms with E-state index in [0.29, 0.717) is 19.0 Å². The summed E-state index contributed by atoms with van der Waals surface area (Å²) in [5.74, 6) is 1.60. The first-order valence-electron chi connectivity index (χ1n) is 9.31. The largest absolute Gasteiger partial charge is 0.468 e. The molecule has 28 heavy (non-hydrogen) atoms. The van der Waals surface area contributed by atoms with E-state index in [1.165, 1.54) is 25.3 Å². The second-order valence-electron chi connectivity index (χ2n) is 6.70.